The summed E-state index contributed by atoms with van der Waals surface area (Å²) in [4.78, 5) is 10.1. The zero-order valence-electron chi connectivity index (χ0n) is 7.70. The van der Waals surface area contributed by atoms with Gasteiger partial charge in [0.05, 0.1) is 0 Å². The van der Waals surface area contributed by atoms with Gasteiger partial charge in [0.2, 0.25) is 0 Å². The third kappa shape index (κ3) is 6.50. The summed E-state index contributed by atoms with van der Waals surface area (Å²) >= 11 is 0. The SMILES string of the molecule is CC(=CC(=O)O)CNCC(O)C(F)F. The molecule has 0 aliphatic carbocycles. The first kappa shape index (κ1) is 13.0. The Labute approximate surface area is 80.2 Å². The molecule has 0 fully saturated rings. The molecule has 0 amide bonds. The molecule has 1 atom stereocenters. The molecule has 3 N–H and O–H groups in total. The minimum absolute atomic E-state index is 0.163. The number of hydrogen-bond acceptors (Lipinski definition) is 3. The predicted octanol–water partition coefficient (Wildman–Crippen LogP) is 0.233. The summed E-state index contributed by atoms with van der Waals surface area (Å²) in [5, 5.41) is 19.5. The number of halogens is 2. The molecule has 14 heavy (non-hydrogen) atoms. The van der Waals surface area contributed by atoms with E-state index in [1.54, 1.807) is 6.92 Å². The van der Waals surface area contributed by atoms with E-state index in [0.717, 1.165) is 6.08 Å². The fourth-order valence-electron chi connectivity index (χ4n) is 0.768. The molecular formula is C8H13F2NO3. The minimum atomic E-state index is -2.79. The monoisotopic (exact) mass is 209 g/mol. The quantitative estimate of drug-likeness (QED) is 0.548. The molecule has 0 aromatic carbocycles. The highest BCUT2D eigenvalue weighted by Crippen LogP contribution is 1.98. The standard InChI is InChI=1S/C8H13F2NO3/c1-5(2-7(13)14)3-11-4-6(12)8(9)10/h2,6,8,11-12H,3-4H2,1H3,(H,13,14). The molecule has 0 saturated carbocycles. The van der Waals surface area contributed by atoms with Crippen molar-refractivity contribution < 1.29 is 23.8 Å². The number of aliphatic hydroxyl groups is 1. The zero-order chi connectivity index (χ0) is 11.1. The molecule has 82 valence electrons. The maximum absolute atomic E-state index is 11.8. The van der Waals surface area contributed by atoms with Gasteiger partial charge in [-0.1, -0.05) is 5.57 Å². The van der Waals surface area contributed by atoms with Gasteiger partial charge in [-0.15, -0.1) is 0 Å². The number of carboxylic acids is 1. The van der Waals surface area contributed by atoms with E-state index in [9.17, 15) is 13.6 Å². The van der Waals surface area contributed by atoms with Gasteiger partial charge in [-0.05, 0) is 6.92 Å². The first-order chi connectivity index (χ1) is 6.43. The molecule has 0 saturated heterocycles. The lowest BCUT2D eigenvalue weighted by atomic mass is 10.2. The number of aliphatic carboxylic acids is 1. The first-order valence-electron chi connectivity index (χ1n) is 4.00. The van der Waals surface area contributed by atoms with Crippen LogP contribution in [0.25, 0.3) is 0 Å². The van der Waals surface area contributed by atoms with Gasteiger partial charge in [0.15, 0.2) is 0 Å². The van der Waals surface area contributed by atoms with E-state index in [2.05, 4.69) is 5.32 Å². The molecule has 0 radical (unpaired) electrons. The molecule has 4 nitrogen and oxygen atoms in total. The Hall–Kier alpha value is -1.01. The molecule has 0 aromatic rings. The van der Waals surface area contributed by atoms with Crippen molar-refractivity contribution in [2.75, 3.05) is 13.1 Å². The van der Waals surface area contributed by atoms with Crippen LogP contribution in [0.2, 0.25) is 0 Å². The topological polar surface area (TPSA) is 69.6 Å². The third-order valence-electron chi connectivity index (χ3n) is 1.42. The zero-order valence-corrected chi connectivity index (χ0v) is 7.70. The van der Waals surface area contributed by atoms with E-state index in [1.165, 1.54) is 0 Å². The average Bonchev–Trinajstić information content (AvgIpc) is 2.02. The lowest BCUT2D eigenvalue weighted by Gasteiger charge is -2.10. The van der Waals surface area contributed by atoms with Gasteiger partial charge in [0.1, 0.15) is 6.10 Å². The van der Waals surface area contributed by atoms with Crippen LogP contribution < -0.4 is 5.32 Å². The largest absolute Gasteiger partial charge is 0.478 e. The molecule has 6 heteroatoms. The molecule has 0 aliphatic heterocycles. The van der Waals surface area contributed by atoms with Gasteiger partial charge in [-0.3, -0.25) is 0 Å². The molecule has 0 aromatic heterocycles. The summed E-state index contributed by atoms with van der Waals surface area (Å²) in [5.41, 5.74) is 0.499. The summed E-state index contributed by atoms with van der Waals surface area (Å²) < 4.78 is 23.5. The molecule has 0 rings (SSSR count). The van der Waals surface area contributed by atoms with Gasteiger partial charge in [-0.25, -0.2) is 13.6 Å². The van der Waals surface area contributed by atoms with E-state index in [-0.39, 0.29) is 13.1 Å². The van der Waals surface area contributed by atoms with Crippen LogP contribution in [0.15, 0.2) is 11.6 Å². The van der Waals surface area contributed by atoms with Crippen molar-refractivity contribution in [3.05, 3.63) is 11.6 Å². The summed E-state index contributed by atoms with van der Waals surface area (Å²) in [6, 6.07) is 0. The van der Waals surface area contributed by atoms with Crippen LogP contribution in [0, 0.1) is 0 Å². The van der Waals surface area contributed by atoms with Crippen molar-refractivity contribution in [1.82, 2.24) is 5.32 Å². The molecule has 0 spiro atoms. The number of hydrogen-bond donors (Lipinski definition) is 3. The minimum Gasteiger partial charge on any atom is -0.478 e. The van der Waals surface area contributed by atoms with Gasteiger partial charge >= 0.3 is 5.97 Å². The van der Waals surface area contributed by atoms with Crippen LogP contribution in [-0.2, 0) is 4.79 Å². The van der Waals surface area contributed by atoms with Crippen molar-refractivity contribution in [1.29, 1.82) is 0 Å². The van der Waals surface area contributed by atoms with Crippen LogP contribution in [0.1, 0.15) is 6.92 Å². The van der Waals surface area contributed by atoms with Gasteiger partial charge < -0.3 is 15.5 Å². The average molecular weight is 209 g/mol. The number of rotatable bonds is 6. The van der Waals surface area contributed by atoms with E-state index in [1.807, 2.05) is 0 Å². The molecule has 0 bridgehead atoms. The summed E-state index contributed by atoms with van der Waals surface area (Å²) in [5.74, 6) is -1.08. The number of carbonyl (C=O) groups is 1. The van der Waals surface area contributed by atoms with Crippen LogP contribution >= 0.6 is 0 Å². The molecule has 0 heterocycles. The maximum atomic E-state index is 11.8. The van der Waals surface area contributed by atoms with Crippen molar-refractivity contribution in [2.24, 2.45) is 0 Å². The normalized spacial score (nSPS) is 14.5. The van der Waals surface area contributed by atoms with E-state index in [4.69, 9.17) is 10.2 Å². The lowest BCUT2D eigenvalue weighted by Crippen LogP contribution is -2.32. The number of nitrogens with one attached hydrogen (secondary N) is 1. The van der Waals surface area contributed by atoms with Crippen molar-refractivity contribution in [2.45, 2.75) is 19.5 Å². The molecule has 1 unspecified atom stereocenters. The van der Waals surface area contributed by atoms with Crippen molar-refractivity contribution in [3.8, 4) is 0 Å². The van der Waals surface area contributed by atoms with Gasteiger partial charge in [-0.2, -0.15) is 0 Å². The maximum Gasteiger partial charge on any atom is 0.328 e. The highest BCUT2D eigenvalue weighted by molar-refractivity contribution is 5.80. The lowest BCUT2D eigenvalue weighted by molar-refractivity contribution is -0.131. The van der Waals surface area contributed by atoms with Crippen molar-refractivity contribution >= 4 is 5.97 Å². The summed E-state index contributed by atoms with van der Waals surface area (Å²) in [6.07, 6.45) is -3.53. The number of alkyl halides is 2. The molecular weight excluding hydrogens is 196 g/mol. The van der Waals surface area contributed by atoms with E-state index in [0.29, 0.717) is 5.57 Å². The highest BCUT2D eigenvalue weighted by Gasteiger charge is 2.15. The highest BCUT2D eigenvalue weighted by atomic mass is 19.3. The fourth-order valence-corrected chi connectivity index (χ4v) is 0.768. The molecule has 0 aliphatic rings. The van der Waals surface area contributed by atoms with Crippen LogP contribution in [0.4, 0.5) is 8.78 Å². The number of carboxylic acid groups (broad SMARTS) is 1. The third-order valence-corrected chi connectivity index (χ3v) is 1.42. The van der Waals surface area contributed by atoms with E-state index < -0.39 is 18.5 Å². The smallest absolute Gasteiger partial charge is 0.328 e. The fraction of sp³-hybridized carbons (Fsp3) is 0.625. The second-order valence-electron chi connectivity index (χ2n) is 2.86. The Morgan fingerprint density at radius 1 is 1.57 bits per heavy atom. The van der Waals surface area contributed by atoms with Crippen LogP contribution in [0.5, 0.6) is 0 Å². The Kier molecular flexibility index (Phi) is 5.98. The van der Waals surface area contributed by atoms with Gasteiger partial charge in [0, 0.05) is 19.2 Å². The first-order valence-corrected chi connectivity index (χ1v) is 4.00. The van der Waals surface area contributed by atoms with Crippen molar-refractivity contribution in [3.63, 3.8) is 0 Å². The van der Waals surface area contributed by atoms with Crippen LogP contribution in [-0.4, -0.2) is 41.8 Å². The number of aliphatic hydroxyl groups excluding tert-OH is 1. The Bertz CT molecular complexity index is 219. The summed E-state index contributed by atoms with van der Waals surface area (Å²) in [6.45, 7) is 1.45. The second-order valence-corrected chi connectivity index (χ2v) is 2.86. The second kappa shape index (κ2) is 6.44. The Morgan fingerprint density at radius 3 is 2.57 bits per heavy atom. The van der Waals surface area contributed by atoms with E-state index >= 15 is 0 Å². The Morgan fingerprint density at radius 2 is 2.14 bits per heavy atom. The Balaban J connectivity index is 3.69. The van der Waals surface area contributed by atoms with Crippen LogP contribution in [0.3, 0.4) is 0 Å². The van der Waals surface area contributed by atoms with Gasteiger partial charge in [0.25, 0.3) is 6.43 Å². The predicted molar refractivity (Wildman–Crippen MR) is 46.3 cm³/mol. The summed E-state index contributed by atoms with van der Waals surface area (Å²) in [7, 11) is 0.